The van der Waals surface area contributed by atoms with E-state index in [2.05, 4.69) is 143 Å². The Morgan fingerprint density at radius 1 is 0.433 bits per heavy atom. The molecule has 9 aromatic carbocycles. The molecule has 0 atom stereocenters. The molecule has 1 aromatic heterocycles. The predicted octanol–water partition coefficient (Wildman–Crippen LogP) is 13.5. The highest BCUT2D eigenvalue weighted by molar-refractivity contribution is 6.25. The van der Waals surface area contributed by atoms with Crippen LogP contribution in [0.4, 0.5) is 17.1 Å². The molecule has 0 saturated heterocycles. The fourth-order valence-corrected chi connectivity index (χ4v) is 8.75. The highest BCUT2D eigenvalue weighted by Gasteiger charge is 2.24. The molecule has 0 radical (unpaired) electrons. The van der Waals surface area contributed by atoms with Gasteiger partial charge in [0.25, 0.3) is 0 Å². The summed E-state index contributed by atoms with van der Waals surface area (Å²) in [4.78, 5) is 27.5. The maximum absolute atomic E-state index is 12.6. The normalized spacial score (nSPS) is 11.3. The van der Waals surface area contributed by atoms with Gasteiger partial charge in [-0.2, -0.15) is 0 Å². The van der Waals surface area contributed by atoms with Crippen LogP contribution in [0.25, 0.3) is 71.3 Å². The Morgan fingerprint density at radius 2 is 0.950 bits per heavy atom. The van der Waals surface area contributed by atoms with E-state index in [0.717, 1.165) is 83.0 Å². The first-order valence-electron chi connectivity index (χ1n) is 19.8. The summed E-state index contributed by atoms with van der Waals surface area (Å²) in [6.07, 6.45) is 0. The SMILES string of the molecule is COC(=O)c1ccc(-c2c3ccccc3c(-c3ccc(C(=O)OC)cc3)c3c(N(c4ccccc4)c4ccc5c(c4)c4ccccc4n5-c4ccccc4)cccc23)cc1. The van der Waals surface area contributed by atoms with Crippen LogP contribution >= 0.6 is 0 Å². The van der Waals surface area contributed by atoms with Crippen LogP contribution in [0.1, 0.15) is 20.7 Å². The quantitative estimate of drug-likeness (QED) is 0.114. The average Bonchev–Trinajstić information content (AvgIpc) is 3.65. The van der Waals surface area contributed by atoms with E-state index in [0.29, 0.717) is 11.1 Å². The summed E-state index contributed by atoms with van der Waals surface area (Å²) in [5.41, 5.74) is 11.3. The molecule has 60 heavy (non-hydrogen) atoms. The Hall–Kier alpha value is -7.96. The summed E-state index contributed by atoms with van der Waals surface area (Å²) in [6, 6.07) is 66.6. The molecule has 288 valence electrons. The predicted molar refractivity (Wildman–Crippen MR) is 244 cm³/mol. The number of hydrogen-bond donors (Lipinski definition) is 0. The van der Waals surface area contributed by atoms with E-state index in [9.17, 15) is 9.59 Å². The number of benzene rings is 9. The van der Waals surface area contributed by atoms with Gasteiger partial charge in [0.05, 0.1) is 42.1 Å². The van der Waals surface area contributed by atoms with Crippen LogP contribution < -0.4 is 4.90 Å². The van der Waals surface area contributed by atoms with Crippen molar-refractivity contribution < 1.29 is 19.1 Å². The molecule has 6 nitrogen and oxygen atoms in total. The van der Waals surface area contributed by atoms with Gasteiger partial charge in [0.2, 0.25) is 0 Å². The minimum atomic E-state index is -0.387. The lowest BCUT2D eigenvalue weighted by Gasteiger charge is -2.29. The fraction of sp³-hybridized carbons (Fsp3) is 0.0370. The Morgan fingerprint density at radius 3 is 1.58 bits per heavy atom. The third-order valence-corrected chi connectivity index (χ3v) is 11.4. The van der Waals surface area contributed by atoms with Gasteiger partial charge in [-0.15, -0.1) is 0 Å². The van der Waals surface area contributed by atoms with Gasteiger partial charge >= 0.3 is 11.9 Å². The molecule has 0 aliphatic carbocycles. The Bertz CT molecular complexity index is 3250. The maximum atomic E-state index is 12.6. The molecule has 10 aromatic rings. The van der Waals surface area contributed by atoms with E-state index in [1.54, 1.807) is 0 Å². The molecule has 0 spiro atoms. The van der Waals surface area contributed by atoms with Crippen LogP contribution in [0.15, 0.2) is 194 Å². The highest BCUT2D eigenvalue weighted by Crippen LogP contribution is 2.50. The zero-order chi connectivity index (χ0) is 40.7. The summed E-state index contributed by atoms with van der Waals surface area (Å²) < 4.78 is 12.4. The lowest BCUT2D eigenvalue weighted by atomic mass is 9.84. The van der Waals surface area contributed by atoms with Gasteiger partial charge in [-0.1, -0.05) is 115 Å². The van der Waals surface area contributed by atoms with Gasteiger partial charge in [0, 0.05) is 33.2 Å². The molecular weight excluding hydrogens is 741 g/mol. The molecule has 0 unspecified atom stereocenters. The second-order valence-electron chi connectivity index (χ2n) is 14.7. The van der Waals surface area contributed by atoms with Crippen LogP contribution in [-0.4, -0.2) is 30.7 Å². The minimum absolute atomic E-state index is 0.383. The van der Waals surface area contributed by atoms with Gasteiger partial charge in [-0.3, -0.25) is 0 Å². The molecule has 0 amide bonds. The van der Waals surface area contributed by atoms with Crippen molar-refractivity contribution in [2.45, 2.75) is 0 Å². The summed E-state index contributed by atoms with van der Waals surface area (Å²) in [5.74, 6) is -0.770. The number of carbonyl (C=O) groups excluding carboxylic acids is 2. The first-order chi connectivity index (χ1) is 29.5. The van der Waals surface area contributed by atoms with Gasteiger partial charge in [-0.05, 0) is 117 Å². The number of nitrogens with zero attached hydrogens (tertiary/aromatic N) is 2. The fourth-order valence-electron chi connectivity index (χ4n) is 8.75. The van der Waals surface area contributed by atoms with Gasteiger partial charge in [0.1, 0.15) is 0 Å². The van der Waals surface area contributed by atoms with Gasteiger partial charge in [-0.25, -0.2) is 9.59 Å². The first kappa shape index (κ1) is 36.4. The first-order valence-corrected chi connectivity index (χ1v) is 19.8. The van der Waals surface area contributed by atoms with Crippen molar-refractivity contribution in [3.63, 3.8) is 0 Å². The van der Waals surface area contributed by atoms with Crippen LogP contribution in [0.5, 0.6) is 0 Å². The lowest BCUT2D eigenvalue weighted by molar-refractivity contribution is 0.0592. The van der Waals surface area contributed by atoms with Crippen molar-refractivity contribution >= 4 is 72.4 Å². The van der Waals surface area contributed by atoms with Crippen molar-refractivity contribution in [2.75, 3.05) is 19.1 Å². The number of carbonyl (C=O) groups is 2. The molecule has 0 fully saturated rings. The van der Waals surface area contributed by atoms with Crippen LogP contribution in [-0.2, 0) is 9.47 Å². The van der Waals surface area contributed by atoms with Crippen LogP contribution in [0.3, 0.4) is 0 Å². The van der Waals surface area contributed by atoms with Crippen molar-refractivity contribution in [3.05, 3.63) is 205 Å². The molecule has 0 aliphatic rings. The second-order valence-corrected chi connectivity index (χ2v) is 14.7. The standard InChI is InChI=1S/C54H38N2O4/c1-59-53(57)37-28-24-35(25-29-37)50-43-19-9-10-20-44(43)51(36-26-30-38(31-27-36)54(58)60-2)52-45(50)21-13-23-49(52)55(39-14-5-3-6-15-39)41-32-33-48-46(34-41)42-18-11-12-22-47(42)56(48)40-16-7-4-8-17-40/h3-34H,1-2H3. The Kier molecular flexibility index (Phi) is 9.15. The Balaban J connectivity index is 1.30. The summed E-state index contributed by atoms with van der Waals surface area (Å²) >= 11 is 0. The highest BCUT2D eigenvalue weighted by atomic mass is 16.5. The molecule has 0 N–H and O–H groups in total. The van der Waals surface area contributed by atoms with Gasteiger partial charge in [0.15, 0.2) is 0 Å². The third kappa shape index (κ3) is 6.05. The smallest absolute Gasteiger partial charge is 0.337 e. The Labute approximate surface area is 347 Å². The van der Waals surface area contributed by atoms with E-state index in [1.807, 2.05) is 60.7 Å². The van der Waals surface area contributed by atoms with E-state index in [1.165, 1.54) is 19.6 Å². The van der Waals surface area contributed by atoms with E-state index >= 15 is 0 Å². The van der Waals surface area contributed by atoms with Crippen molar-refractivity contribution in [2.24, 2.45) is 0 Å². The number of fused-ring (bicyclic) bond motifs is 5. The zero-order valence-corrected chi connectivity index (χ0v) is 33.0. The van der Waals surface area contributed by atoms with Gasteiger partial charge < -0.3 is 18.9 Å². The molecule has 1 heterocycles. The number of ether oxygens (including phenoxy) is 2. The van der Waals surface area contributed by atoms with Crippen molar-refractivity contribution in [1.82, 2.24) is 4.57 Å². The summed E-state index contributed by atoms with van der Waals surface area (Å²) in [7, 11) is 2.79. The average molecular weight is 779 g/mol. The number of hydrogen-bond acceptors (Lipinski definition) is 5. The number of methoxy groups -OCH3 is 2. The number of rotatable bonds is 8. The minimum Gasteiger partial charge on any atom is -0.465 e. The molecule has 0 bridgehead atoms. The maximum Gasteiger partial charge on any atom is 0.337 e. The number of esters is 2. The number of aromatic nitrogens is 1. The molecule has 0 saturated carbocycles. The number of anilines is 3. The van der Waals surface area contributed by atoms with E-state index in [-0.39, 0.29) is 11.9 Å². The van der Waals surface area contributed by atoms with Crippen molar-refractivity contribution in [1.29, 1.82) is 0 Å². The van der Waals surface area contributed by atoms with E-state index < -0.39 is 0 Å². The largest absolute Gasteiger partial charge is 0.465 e. The van der Waals surface area contributed by atoms with Crippen molar-refractivity contribution in [3.8, 4) is 27.9 Å². The topological polar surface area (TPSA) is 60.8 Å². The second kappa shape index (κ2) is 15.1. The molecule has 6 heteroatoms. The van der Waals surface area contributed by atoms with Crippen LogP contribution in [0.2, 0.25) is 0 Å². The molecule has 0 aliphatic heterocycles. The molecule has 10 rings (SSSR count). The third-order valence-electron chi connectivity index (χ3n) is 11.4. The summed E-state index contributed by atoms with van der Waals surface area (Å²) in [5, 5.41) is 6.48. The summed E-state index contributed by atoms with van der Waals surface area (Å²) in [6.45, 7) is 0. The number of para-hydroxylation sites is 3. The lowest BCUT2D eigenvalue weighted by Crippen LogP contribution is -2.11. The van der Waals surface area contributed by atoms with Crippen LogP contribution in [0, 0.1) is 0 Å². The van der Waals surface area contributed by atoms with E-state index in [4.69, 9.17) is 9.47 Å². The monoisotopic (exact) mass is 778 g/mol. The molecular formula is C54H38N2O4. The zero-order valence-electron chi connectivity index (χ0n) is 33.0.